The summed E-state index contributed by atoms with van der Waals surface area (Å²) in [6, 6.07) is 2.62. The molecule has 1 aliphatic rings. The highest BCUT2D eigenvalue weighted by molar-refractivity contribution is 6.36. The SMILES string of the molecule is [2H]c1c([2H])c([2H])c(C2=N[C@H](O)C(=O)Nc3ccc(Cl)cc32)c(Cl)c1[2H]. The molecule has 0 unspecified atom stereocenters. The van der Waals surface area contributed by atoms with Crippen molar-refractivity contribution >= 4 is 40.5 Å². The Morgan fingerprint density at radius 2 is 2.00 bits per heavy atom. The highest BCUT2D eigenvalue weighted by atomic mass is 35.5. The van der Waals surface area contributed by atoms with E-state index in [0.717, 1.165) is 0 Å². The highest BCUT2D eigenvalue weighted by Gasteiger charge is 2.25. The molecule has 0 aromatic heterocycles. The Hall–Kier alpha value is -1.88. The van der Waals surface area contributed by atoms with E-state index in [2.05, 4.69) is 10.3 Å². The molecule has 0 bridgehead atoms. The average molecular weight is 325 g/mol. The van der Waals surface area contributed by atoms with Crippen molar-refractivity contribution in [1.29, 1.82) is 0 Å². The Labute approximate surface area is 136 Å². The number of carbonyl (C=O) groups is 1. The number of nitrogens with one attached hydrogen (secondary N) is 1. The van der Waals surface area contributed by atoms with Gasteiger partial charge in [0.05, 0.1) is 16.9 Å². The quantitative estimate of drug-likeness (QED) is 0.846. The van der Waals surface area contributed by atoms with Crippen LogP contribution in [0.2, 0.25) is 10.0 Å². The predicted molar refractivity (Wildman–Crippen MR) is 83.2 cm³/mol. The lowest BCUT2D eigenvalue weighted by Crippen LogP contribution is -2.24. The van der Waals surface area contributed by atoms with Crippen LogP contribution in [0.15, 0.2) is 47.4 Å². The Morgan fingerprint density at radius 3 is 2.81 bits per heavy atom. The molecule has 0 saturated heterocycles. The van der Waals surface area contributed by atoms with Gasteiger partial charge in [0.25, 0.3) is 5.91 Å². The van der Waals surface area contributed by atoms with E-state index in [0.29, 0.717) is 5.02 Å². The van der Waals surface area contributed by atoms with Gasteiger partial charge in [-0.3, -0.25) is 4.79 Å². The zero-order chi connectivity index (χ0) is 18.5. The number of aliphatic hydroxyl groups excluding tert-OH is 1. The van der Waals surface area contributed by atoms with Crippen LogP contribution in [-0.4, -0.2) is 23.0 Å². The van der Waals surface area contributed by atoms with Gasteiger partial charge < -0.3 is 10.4 Å². The predicted octanol–water partition coefficient (Wildman–Crippen LogP) is 3.10. The maximum Gasteiger partial charge on any atom is 0.276 e. The van der Waals surface area contributed by atoms with E-state index in [1.807, 2.05) is 0 Å². The molecular formula is C15H10Cl2N2O2. The van der Waals surface area contributed by atoms with Gasteiger partial charge in [0.2, 0.25) is 6.23 Å². The zero-order valence-corrected chi connectivity index (χ0v) is 11.9. The third-order valence-electron chi connectivity index (χ3n) is 2.86. The summed E-state index contributed by atoms with van der Waals surface area (Å²) in [4.78, 5) is 15.8. The molecule has 6 heteroatoms. The molecule has 2 aromatic rings. The zero-order valence-electron chi connectivity index (χ0n) is 14.4. The molecule has 0 aliphatic carbocycles. The molecule has 3 rings (SSSR count). The van der Waals surface area contributed by atoms with E-state index in [1.54, 1.807) is 0 Å². The first-order chi connectivity index (χ1) is 11.7. The number of aliphatic imine (C=N–C) groups is 1. The van der Waals surface area contributed by atoms with Gasteiger partial charge in [-0.15, -0.1) is 0 Å². The van der Waals surface area contributed by atoms with Gasteiger partial charge >= 0.3 is 0 Å². The number of halogens is 2. The summed E-state index contributed by atoms with van der Waals surface area (Å²) in [5.41, 5.74) is 0.393. The van der Waals surface area contributed by atoms with Crippen molar-refractivity contribution in [3.63, 3.8) is 0 Å². The fraction of sp³-hybridized carbons (Fsp3) is 0.0667. The van der Waals surface area contributed by atoms with Crippen molar-refractivity contribution in [1.82, 2.24) is 0 Å². The fourth-order valence-electron chi connectivity index (χ4n) is 1.93. The van der Waals surface area contributed by atoms with E-state index in [1.165, 1.54) is 18.2 Å². The number of hydrogen-bond acceptors (Lipinski definition) is 3. The number of rotatable bonds is 1. The van der Waals surface area contributed by atoms with Gasteiger partial charge in [-0.05, 0) is 24.2 Å². The second-order valence-corrected chi connectivity index (χ2v) is 5.03. The average Bonchev–Trinajstić information content (AvgIpc) is 2.69. The van der Waals surface area contributed by atoms with E-state index in [4.69, 9.17) is 28.7 Å². The summed E-state index contributed by atoms with van der Waals surface area (Å²) in [5.74, 6) is -0.782. The Kier molecular flexibility index (Phi) is 2.60. The second kappa shape index (κ2) is 5.48. The normalized spacial score (nSPS) is 20.2. The van der Waals surface area contributed by atoms with Crippen LogP contribution in [-0.2, 0) is 4.79 Å². The number of anilines is 1. The van der Waals surface area contributed by atoms with E-state index < -0.39 is 36.3 Å². The van der Waals surface area contributed by atoms with Crippen LogP contribution in [0.5, 0.6) is 0 Å². The molecule has 1 atom stereocenters. The summed E-state index contributed by atoms with van der Waals surface area (Å²) in [6.45, 7) is 0. The molecule has 0 spiro atoms. The van der Waals surface area contributed by atoms with Crippen LogP contribution < -0.4 is 5.32 Å². The molecule has 0 radical (unpaired) electrons. The minimum atomic E-state index is -1.77. The molecule has 2 N–H and O–H groups in total. The van der Waals surface area contributed by atoms with Crippen molar-refractivity contribution in [2.45, 2.75) is 6.23 Å². The van der Waals surface area contributed by atoms with Crippen molar-refractivity contribution in [2.75, 3.05) is 5.32 Å². The molecule has 1 aliphatic heterocycles. The summed E-state index contributed by atoms with van der Waals surface area (Å²) >= 11 is 12.1. The van der Waals surface area contributed by atoms with Crippen molar-refractivity contribution < 1.29 is 15.4 Å². The monoisotopic (exact) mass is 324 g/mol. The topological polar surface area (TPSA) is 61.7 Å². The third kappa shape index (κ3) is 2.65. The first-order valence-electron chi connectivity index (χ1n) is 7.85. The number of aliphatic hydroxyl groups is 1. The highest BCUT2D eigenvalue weighted by Crippen LogP contribution is 2.29. The fourth-order valence-corrected chi connectivity index (χ4v) is 2.28. The summed E-state index contributed by atoms with van der Waals surface area (Å²) in [5, 5.41) is 12.5. The van der Waals surface area contributed by atoms with Crippen molar-refractivity contribution in [3.05, 3.63) is 63.5 Å². The van der Waals surface area contributed by atoms with Crippen LogP contribution >= 0.6 is 23.2 Å². The maximum absolute atomic E-state index is 11.9. The number of hydrogen-bond donors (Lipinski definition) is 2. The van der Waals surface area contributed by atoms with Crippen molar-refractivity contribution in [3.8, 4) is 0 Å². The minimum absolute atomic E-state index is 0.0552. The van der Waals surface area contributed by atoms with E-state index in [-0.39, 0.29) is 27.5 Å². The first-order valence-corrected chi connectivity index (χ1v) is 6.60. The molecular weight excluding hydrogens is 311 g/mol. The number of nitrogens with zero attached hydrogens (tertiary/aromatic N) is 1. The molecule has 21 heavy (non-hydrogen) atoms. The Bertz CT molecular complexity index is 921. The molecule has 0 fully saturated rings. The van der Waals surface area contributed by atoms with Crippen molar-refractivity contribution in [2.24, 2.45) is 4.99 Å². The minimum Gasteiger partial charge on any atom is -0.364 e. The Morgan fingerprint density at radius 1 is 1.24 bits per heavy atom. The van der Waals surface area contributed by atoms with E-state index in [9.17, 15) is 9.90 Å². The third-order valence-corrected chi connectivity index (χ3v) is 3.38. The summed E-state index contributed by atoms with van der Waals surface area (Å²) < 4.78 is 31.5. The summed E-state index contributed by atoms with van der Waals surface area (Å²) in [7, 11) is 0. The maximum atomic E-state index is 11.9. The van der Waals surface area contributed by atoms with Gasteiger partial charge in [0.1, 0.15) is 0 Å². The van der Waals surface area contributed by atoms with Crippen LogP contribution in [0.3, 0.4) is 0 Å². The van der Waals surface area contributed by atoms with Gasteiger partial charge in [-0.1, -0.05) is 41.3 Å². The number of fused-ring (bicyclic) bond motifs is 1. The lowest BCUT2D eigenvalue weighted by Gasteiger charge is -2.11. The van der Waals surface area contributed by atoms with Crippen LogP contribution in [0, 0.1) is 0 Å². The van der Waals surface area contributed by atoms with Gasteiger partial charge in [-0.25, -0.2) is 4.99 Å². The standard InChI is InChI=1S/C15H10Cl2N2O2/c16-8-5-6-12-10(7-8)13(19-15(21)14(20)18-12)9-3-1-2-4-11(9)17/h1-7,15,21H,(H,18,20)/t15-/m1/s1/i1D,2D,3D,4D. The number of benzene rings is 2. The molecule has 106 valence electrons. The van der Waals surface area contributed by atoms with Crippen LogP contribution in [0.4, 0.5) is 5.69 Å². The molecule has 2 aromatic carbocycles. The summed E-state index contributed by atoms with van der Waals surface area (Å²) in [6.07, 6.45) is -1.77. The number of carbonyl (C=O) groups excluding carboxylic acids is 1. The largest absolute Gasteiger partial charge is 0.364 e. The van der Waals surface area contributed by atoms with Gasteiger partial charge in [-0.2, -0.15) is 0 Å². The molecule has 1 amide bonds. The van der Waals surface area contributed by atoms with Gasteiger partial charge in [0.15, 0.2) is 0 Å². The van der Waals surface area contributed by atoms with Crippen LogP contribution in [0.1, 0.15) is 16.6 Å². The van der Waals surface area contributed by atoms with Crippen LogP contribution in [0.25, 0.3) is 0 Å². The number of amides is 1. The molecule has 1 heterocycles. The smallest absolute Gasteiger partial charge is 0.276 e. The molecule has 4 nitrogen and oxygen atoms in total. The Balaban J connectivity index is 2.39. The second-order valence-electron chi connectivity index (χ2n) is 4.22. The number of benzodiazepines with no additional fused rings is 1. The lowest BCUT2D eigenvalue weighted by molar-refractivity contribution is -0.123. The van der Waals surface area contributed by atoms with Gasteiger partial charge in [0, 0.05) is 21.2 Å². The first kappa shape index (κ1) is 9.95. The lowest BCUT2D eigenvalue weighted by atomic mass is 10.0. The molecule has 0 saturated carbocycles. The van der Waals surface area contributed by atoms with E-state index >= 15 is 0 Å².